The van der Waals surface area contributed by atoms with Crippen LogP contribution in [0.25, 0.3) is 17.4 Å². The van der Waals surface area contributed by atoms with Crippen LogP contribution in [0.5, 0.6) is 0 Å². The largest absolute Gasteiger partial charge is 0.478 e. The van der Waals surface area contributed by atoms with E-state index in [1.165, 1.54) is 18.2 Å². The summed E-state index contributed by atoms with van der Waals surface area (Å²) in [5, 5.41) is 18.5. The van der Waals surface area contributed by atoms with Crippen LogP contribution in [-0.2, 0) is 9.59 Å². The molecule has 146 valence electrons. The maximum atomic E-state index is 12.8. The van der Waals surface area contributed by atoms with Crippen molar-refractivity contribution < 1.29 is 23.9 Å². The lowest BCUT2D eigenvalue weighted by atomic mass is 9.94. The highest BCUT2D eigenvalue weighted by atomic mass is 16.4. The Labute approximate surface area is 167 Å². The Morgan fingerprint density at radius 3 is 2.66 bits per heavy atom. The second-order valence-corrected chi connectivity index (χ2v) is 6.52. The van der Waals surface area contributed by atoms with Crippen molar-refractivity contribution >= 4 is 23.9 Å². The van der Waals surface area contributed by atoms with E-state index in [1.807, 2.05) is 13.0 Å². The van der Waals surface area contributed by atoms with Crippen molar-refractivity contribution in [2.75, 3.05) is 6.54 Å². The van der Waals surface area contributed by atoms with E-state index in [-0.39, 0.29) is 23.3 Å². The number of hydrogen-bond acceptors (Lipinski definition) is 5. The zero-order valence-electron chi connectivity index (χ0n) is 15.9. The zero-order valence-corrected chi connectivity index (χ0v) is 15.9. The third kappa shape index (κ3) is 3.73. The van der Waals surface area contributed by atoms with E-state index in [1.54, 1.807) is 31.2 Å². The molecular weight excluding hydrogens is 372 g/mol. The predicted molar refractivity (Wildman–Crippen MR) is 104 cm³/mol. The van der Waals surface area contributed by atoms with E-state index in [4.69, 9.17) is 9.52 Å². The van der Waals surface area contributed by atoms with Crippen LogP contribution in [-0.4, -0.2) is 34.3 Å². The van der Waals surface area contributed by atoms with Crippen molar-refractivity contribution in [3.8, 4) is 17.4 Å². The Morgan fingerprint density at radius 2 is 2.00 bits per heavy atom. The van der Waals surface area contributed by atoms with Gasteiger partial charge in [0.25, 0.3) is 11.8 Å². The first-order valence-electron chi connectivity index (χ1n) is 9.00. The third-order valence-electron chi connectivity index (χ3n) is 4.58. The van der Waals surface area contributed by atoms with E-state index >= 15 is 0 Å². The fourth-order valence-electron chi connectivity index (χ4n) is 3.09. The van der Waals surface area contributed by atoms with Crippen LogP contribution in [0.1, 0.15) is 36.4 Å². The van der Waals surface area contributed by atoms with Gasteiger partial charge in [0.1, 0.15) is 23.2 Å². The van der Waals surface area contributed by atoms with E-state index in [0.29, 0.717) is 29.1 Å². The molecule has 0 aliphatic carbocycles. The van der Waals surface area contributed by atoms with Crippen molar-refractivity contribution in [3.63, 3.8) is 0 Å². The van der Waals surface area contributed by atoms with Crippen LogP contribution in [0.4, 0.5) is 0 Å². The number of furan rings is 1. The fraction of sp³-hybridized carbons (Fsp3) is 0.182. The topological polar surface area (TPSA) is 112 Å². The number of carboxylic acids is 1. The molecule has 0 spiro atoms. The van der Waals surface area contributed by atoms with Gasteiger partial charge in [0.15, 0.2) is 0 Å². The molecule has 1 aromatic heterocycles. The molecule has 1 aromatic carbocycles. The molecule has 0 saturated heterocycles. The van der Waals surface area contributed by atoms with E-state index in [2.05, 4.69) is 0 Å². The van der Waals surface area contributed by atoms with Crippen molar-refractivity contribution in [2.45, 2.75) is 20.3 Å². The Kier molecular flexibility index (Phi) is 5.46. The summed E-state index contributed by atoms with van der Waals surface area (Å²) in [6.07, 6.45) is 2.07. The molecule has 29 heavy (non-hydrogen) atoms. The number of nitriles is 1. The molecule has 2 aromatic rings. The van der Waals surface area contributed by atoms with Gasteiger partial charge in [0, 0.05) is 17.7 Å². The number of aromatic carboxylic acids is 1. The average Bonchev–Trinajstić information content (AvgIpc) is 3.18. The Morgan fingerprint density at radius 1 is 1.24 bits per heavy atom. The van der Waals surface area contributed by atoms with Crippen molar-refractivity contribution in [2.24, 2.45) is 0 Å². The number of nitrogens with zero attached hydrogens (tertiary/aromatic N) is 2. The molecule has 3 rings (SSSR count). The molecule has 1 aliphatic heterocycles. The minimum Gasteiger partial charge on any atom is -0.478 e. The number of carboxylic acid groups (broad SMARTS) is 1. The minimum atomic E-state index is -1.04. The van der Waals surface area contributed by atoms with Crippen LogP contribution in [0.15, 0.2) is 57.5 Å². The molecule has 0 bridgehead atoms. The van der Waals surface area contributed by atoms with Crippen molar-refractivity contribution in [1.82, 2.24) is 4.90 Å². The molecule has 1 N–H and O–H groups in total. The minimum absolute atomic E-state index is 0.0646. The molecular formula is C22H18N2O5. The molecule has 2 amide bonds. The van der Waals surface area contributed by atoms with Gasteiger partial charge in [0.05, 0.1) is 5.56 Å². The van der Waals surface area contributed by atoms with Crippen LogP contribution < -0.4 is 0 Å². The molecule has 7 nitrogen and oxygen atoms in total. The first-order chi connectivity index (χ1) is 13.9. The predicted octanol–water partition coefficient (Wildman–Crippen LogP) is 3.65. The number of carbonyl (C=O) groups is 3. The standard InChI is InChI=1S/C22H18N2O5/c1-3-9-24-20(25)17(13(2)18(12-23)21(24)26)11-16-7-8-19(29-16)14-5-4-6-15(10-14)22(27)28/h4-8,10-11H,3,9H2,1-2H3,(H,27,28)/b17-11+. The van der Waals surface area contributed by atoms with Crippen molar-refractivity contribution in [3.05, 3.63) is 64.4 Å². The average molecular weight is 390 g/mol. The SMILES string of the molecule is CCCN1C(=O)C(C#N)=C(C)/C(=C\c2ccc(-c3cccc(C(=O)O)c3)o2)C1=O. The number of carbonyl (C=O) groups excluding carboxylic acids is 2. The van der Waals surface area contributed by atoms with E-state index < -0.39 is 17.8 Å². The third-order valence-corrected chi connectivity index (χ3v) is 4.58. The lowest BCUT2D eigenvalue weighted by molar-refractivity contribution is -0.140. The fourth-order valence-corrected chi connectivity index (χ4v) is 3.09. The van der Waals surface area contributed by atoms with Gasteiger partial charge < -0.3 is 9.52 Å². The summed E-state index contributed by atoms with van der Waals surface area (Å²) in [6.45, 7) is 3.62. The summed E-state index contributed by atoms with van der Waals surface area (Å²) < 4.78 is 5.76. The lowest BCUT2D eigenvalue weighted by Crippen LogP contribution is -2.43. The van der Waals surface area contributed by atoms with Crippen LogP contribution in [0.2, 0.25) is 0 Å². The molecule has 0 atom stereocenters. The summed E-state index contributed by atoms with van der Waals surface area (Å²) in [5.41, 5.74) is 1.17. The van der Waals surface area contributed by atoms with Gasteiger partial charge in [-0.05, 0) is 49.3 Å². The van der Waals surface area contributed by atoms with Gasteiger partial charge in [-0.15, -0.1) is 0 Å². The van der Waals surface area contributed by atoms with E-state index in [9.17, 15) is 19.6 Å². The summed E-state index contributed by atoms with van der Waals surface area (Å²) in [5.74, 6) is -1.31. The molecule has 1 aliphatic rings. The molecule has 0 fully saturated rings. The van der Waals surface area contributed by atoms with Gasteiger partial charge >= 0.3 is 5.97 Å². The first kappa shape index (κ1) is 19.8. The number of rotatable bonds is 5. The Balaban J connectivity index is 2.02. The smallest absolute Gasteiger partial charge is 0.335 e. The summed E-state index contributed by atoms with van der Waals surface area (Å²) in [4.78, 5) is 37.4. The number of amides is 2. The van der Waals surface area contributed by atoms with Crippen molar-refractivity contribution in [1.29, 1.82) is 5.26 Å². The van der Waals surface area contributed by atoms with Gasteiger partial charge in [0.2, 0.25) is 0 Å². The van der Waals surface area contributed by atoms with Crippen LogP contribution >= 0.6 is 0 Å². The van der Waals surface area contributed by atoms with Crippen LogP contribution in [0, 0.1) is 11.3 Å². The maximum absolute atomic E-state index is 12.8. The van der Waals surface area contributed by atoms with Gasteiger partial charge in [-0.3, -0.25) is 14.5 Å². The molecule has 0 saturated carbocycles. The number of benzene rings is 1. The number of imide groups is 1. The number of hydrogen-bond donors (Lipinski definition) is 1. The monoisotopic (exact) mass is 390 g/mol. The highest BCUT2D eigenvalue weighted by Gasteiger charge is 2.35. The quantitative estimate of drug-likeness (QED) is 0.616. The Bertz CT molecular complexity index is 1110. The van der Waals surface area contributed by atoms with Gasteiger partial charge in [-0.2, -0.15) is 5.26 Å². The molecule has 0 unspecified atom stereocenters. The summed E-state index contributed by atoms with van der Waals surface area (Å²) in [7, 11) is 0. The van der Waals surface area contributed by atoms with Gasteiger partial charge in [-0.1, -0.05) is 19.1 Å². The van der Waals surface area contributed by atoms with E-state index in [0.717, 1.165) is 4.90 Å². The molecule has 7 heteroatoms. The van der Waals surface area contributed by atoms with Gasteiger partial charge in [-0.25, -0.2) is 4.79 Å². The Hall–Kier alpha value is -3.92. The second-order valence-electron chi connectivity index (χ2n) is 6.52. The first-order valence-corrected chi connectivity index (χ1v) is 9.00. The highest BCUT2D eigenvalue weighted by molar-refractivity contribution is 6.19. The summed E-state index contributed by atoms with van der Waals surface area (Å²) >= 11 is 0. The zero-order chi connectivity index (χ0) is 21.1. The maximum Gasteiger partial charge on any atom is 0.335 e. The highest BCUT2D eigenvalue weighted by Crippen LogP contribution is 2.29. The second kappa shape index (κ2) is 7.98. The molecule has 0 radical (unpaired) electrons. The van der Waals surface area contributed by atoms with Crippen LogP contribution in [0.3, 0.4) is 0 Å². The summed E-state index contributed by atoms with van der Waals surface area (Å²) in [6, 6.07) is 11.5. The normalized spacial score (nSPS) is 15.8. The molecule has 2 heterocycles. The lowest BCUT2D eigenvalue weighted by Gasteiger charge is -2.26.